The van der Waals surface area contributed by atoms with Crippen molar-refractivity contribution in [2.45, 2.75) is 11.0 Å². The monoisotopic (exact) mass is 305 g/mol. The van der Waals surface area contributed by atoms with Gasteiger partial charge in [-0.05, 0) is 6.07 Å². The maximum atomic E-state index is 11.8. The van der Waals surface area contributed by atoms with E-state index in [-0.39, 0.29) is 17.1 Å². The lowest BCUT2D eigenvalue weighted by atomic mass is 10.3. The number of aliphatic carboxylic acids is 1. The van der Waals surface area contributed by atoms with Crippen molar-refractivity contribution in [3.63, 3.8) is 0 Å². The van der Waals surface area contributed by atoms with E-state index in [9.17, 15) is 18.0 Å². The SMILES string of the molecule is COC(CNC(=O)c1cc(S(N)(=O)=O)cn1C)C(=O)O. The second kappa shape index (κ2) is 6.03. The molecule has 4 N–H and O–H groups in total. The number of methoxy groups -OCH3 is 1. The van der Waals surface area contributed by atoms with E-state index in [2.05, 4.69) is 10.1 Å². The smallest absolute Gasteiger partial charge is 0.334 e. The molecule has 1 rings (SSSR count). The van der Waals surface area contributed by atoms with Gasteiger partial charge in [0.15, 0.2) is 6.10 Å². The number of ether oxygens (including phenoxy) is 1. The Morgan fingerprint density at radius 3 is 2.55 bits per heavy atom. The molecule has 0 saturated carbocycles. The first-order valence-electron chi connectivity index (χ1n) is 5.39. The summed E-state index contributed by atoms with van der Waals surface area (Å²) in [5, 5.41) is 16.0. The van der Waals surface area contributed by atoms with E-state index >= 15 is 0 Å². The van der Waals surface area contributed by atoms with E-state index in [1.165, 1.54) is 24.9 Å². The second-order valence-corrected chi connectivity index (χ2v) is 5.55. The van der Waals surface area contributed by atoms with Crippen LogP contribution in [0.3, 0.4) is 0 Å². The number of primary sulfonamides is 1. The number of carboxylic acids is 1. The minimum atomic E-state index is -3.91. The second-order valence-electron chi connectivity index (χ2n) is 3.99. The molecule has 1 unspecified atom stereocenters. The van der Waals surface area contributed by atoms with Crippen LogP contribution in [0.2, 0.25) is 0 Å². The van der Waals surface area contributed by atoms with Crippen LogP contribution in [0, 0.1) is 0 Å². The Balaban J connectivity index is 2.84. The zero-order chi connectivity index (χ0) is 15.5. The van der Waals surface area contributed by atoms with Crippen LogP contribution in [0.4, 0.5) is 0 Å². The summed E-state index contributed by atoms with van der Waals surface area (Å²) >= 11 is 0. The molecule has 0 bridgehead atoms. The summed E-state index contributed by atoms with van der Waals surface area (Å²) in [5.41, 5.74) is 0.0364. The van der Waals surface area contributed by atoms with Crippen molar-refractivity contribution in [2.75, 3.05) is 13.7 Å². The fourth-order valence-electron chi connectivity index (χ4n) is 1.46. The number of sulfonamides is 1. The molecule has 0 aromatic carbocycles. The standard InChI is InChI=1S/C10H15N3O6S/c1-13-5-6(20(11,17)18)3-7(13)9(14)12-4-8(19-2)10(15)16/h3,5,8H,4H2,1-2H3,(H,12,14)(H,15,16)(H2,11,17,18). The van der Waals surface area contributed by atoms with Crippen LogP contribution in [0.5, 0.6) is 0 Å². The van der Waals surface area contributed by atoms with Gasteiger partial charge in [0.25, 0.3) is 5.91 Å². The summed E-state index contributed by atoms with van der Waals surface area (Å²) in [6.07, 6.45) is 0.00633. The number of nitrogens with one attached hydrogen (secondary N) is 1. The third kappa shape index (κ3) is 3.79. The minimum absolute atomic E-state index is 0.0364. The van der Waals surface area contributed by atoms with Crippen LogP contribution < -0.4 is 10.5 Å². The maximum Gasteiger partial charge on any atom is 0.334 e. The average molecular weight is 305 g/mol. The fraction of sp³-hybridized carbons (Fsp3) is 0.400. The van der Waals surface area contributed by atoms with Crippen LogP contribution in [-0.4, -0.2) is 49.7 Å². The van der Waals surface area contributed by atoms with Gasteiger partial charge in [-0.15, -0.1) is 0 Å². The summed E-state index contributed by atoms with van der Waals surface area (Å²) in [7, 11) is -1.24. The summed E-state index contributed by atoms with van der Waals surface area (Å²) in [5.74, 6) is -1.85. The van der Waals surface area contributed by atoms with Crippen molar-refractivity contribution in [1.29, 1.82) is 0 Å². The number of carbonyl (C=O) groups excluding carboxylic acids is 1. The molecule has 9 nitrogen and oxygen atoms in total. The van der Waals surface area contributed by atoms with Gasteiger partial charge in [-0.2, -0.15) is 0 Å². The minimum Gasteiger partial charge on any atom is -0.479 e. The zero-order valence-electron chi connectivity index (χ0n) is 10.9. The molecule has 0 radical (unpaired) electrons. The Morgan fingerprint density at radius 2 is 2.15 bits per heavy atom. The Morgan fingerprint density at radius 1 is 1.55 bits per heavy atom. The third-order valence-corrected chi connectivity index (χ3v) is 3.43. The number of carboxylic acid groups (broad SMARTS) is 1. The van der Waals surface area contributed by atoms with Crippen molar-refractivity contribution in [3.05, 3.63) is 18.0 Å². The molecule has 0 aliphatic carbocycles. The number of hydrogen-bond donors (Lipinski definition) is 3. The number of carbonyl (C=O) groups is 2. The fourth-order valence-corrected chi connectivity index (χ4v) is 2.04. The molecule has 1 amide bonds. The lowest BCUT2D eigenvalue weighted by molar-refractivity contribution is -0.148. The first kappa shape index (κ1) is 16.1. The largest absolute Gasteiger partial charge is 0.479 e. The first-order chi connectivity index (χ1) is 9.16. The molecule has 112 valence electrons. The first-order valence-corrected chi connectivity index (χ1v) is 6.94. The molecule has 0 spiro atoms. The zero-order valence-corrected chi connectivity index (χ0v) is 11.7. The predicted molar refractivity (Wildman–Crippen MR) is 67.6 cm³/mol. The maximum absolute atomic E-state index is 11.8. The van der Waals surface area contributed by atoms with E-state index < -0.39 is 28.0 Å². The van der Waals surface area contributed by atoms with Crippen LogP contribution in [0.15, 0.2) is 17.2 Å². The Hall–Kier alpha value is -1.91. The van der Waals surface area contributed by atoms with Crippen molar-refractivity contribution in [3.8, 4) is 0 Å². The molecule has 0 aliphatic rings. The van der Waals surface area contributed by atoms with Gasteiger partial charge in [0.2, 0.25) is 10.0 Å². The molecule has 0 fully saturated rings. The molecular formula is C10H15N3O6S. The Kier molecular flexibility index (Phi) is 4.87. The lowest BCUT2D eigenvalue weighted by Gasteiger charge is -2.11. The third-order valence-electron chi connectivity index (χ3n) is 2.55. The number of hydrogen-bond acceptors (Lipinski definition) is 5. The molecular weight excluding hydrogens is 290 g/mol. The molecule has 1 aromatic rings. The van der Waals surface area contributed by atoms with E-state index in [0.717, 1.165) is 6.07 Å². The van der Waals surface area contributed by atoms with Crippen molar-refractivity contribution in [1.82, 2.24) is 9.88 Å². The molecule has 0 aliphatic heterocycles. The highest BCUT2D eigenvalue weighted by molar-refractivity contribution is 7.89. The highest BCUT2D eigenvalue weighted by atomic mass is 32.2. The van der Waals surface area contributed by atoms with Crippen molar-refractivity contribution in [2.24, 2.45) is 12.2 Å². The highest BCUT2D eigenvalue weighted by Crippen LogP contribution is 2.11. The van der Waals surface area contributed by atoms with Gasteiger partial charge in [-0.1, -0.05) is 0 Å². The lowest BCUT2D eigenvalue weighted by Crippen LogP contribution is -2.38. The quantitative estimate of drug-likeness (QED) is 0.584. The van der Waals surface area contributed by atoms with Gasteiger partial charge in [0.1, 0.15) is 10.6 Å². The molecule has 10 heteroatoms. The molecule has 0 saturated heterocycles. The molecule has 1 atom stereocenters. The number of aromatic nitrogens is 1. The van der Waals surface area contributed by atoms with Gasteiger partial charge in [0.05, 0.1) is 6.54 Å². The van der Waals surface area contributed by atoms with Gasteiger partial charge in [-0.25, -0.2) is 18.4 Å². The van der Waals surface area contributed by atoms with Gasteiger partial charge >= 0.3 is 5.97 Å². The van der Waals surface area contributed by atoms with Crippen LogP contribution in [0.1, 0.15) is 10.5 Å². The average Bonchev–Trinajstić information content (AvgIpc) is 2.71. The van der Waals surface area contributed by atoms with Crippen LogP contribution in [0.25, 0.3) is 0 Å². The summed E-state index contributed by atoms with van der Waals surface area (Å²) in [4.78, 5) is 22.3. The van der Waals surface area contributed by atoms with Crippen LogP contribution >= 0.6 is 0 Å². The van der Waals surface area contributed by atoms with Gasteiger partial charge in [0, 0.05) is 20.4 Å². The van der Waals surface area contributed by atoms with Crippen molar-refractivity contribution >= 4 is 21.9 Å². The van der Waals surface area contributed by atoms with E-state index in [1.807, 2.05) is 0 Å². The normalized spacial score (nSPS) is 12.9. The summed E-state index contributed by atoms with van der Waals surface area (Å²) < 4.78 is 28.2. The number of aryl methyl sites for hydroxylation is 1. The molecule has 1 aromatic heterocycles. The predicted octanol–water partition coefficient (Wildman–Crippen LogP) is -1.50. The number of nitrogens with two attached hydrogens (primary N) is 1. The van der Waals surface area contributed by atoms with Crippen LogP contribution in [-0.2, 0) is 26.6 Å². The van der Waals surface area contributed by atoms with E-state index in [0.29, 0.717) is 0 Å². The summed E-state index contributed by atoms with van der Waals surface area (Å²) in [6.45, 7) is -0.249. The van der Waals surface area contributed by atoms with Gasteiger partial charge < -0.3 is 19.7 Å². The van der Waals surface area contributed by atoms with E-state index in [4.69, 9.17) is 10.2 Å². The Bertz CT molecular complexity index is 621. The number of amides is 1. The highest BCUT2D eigenvalue weighted by Gasteiger charge is 2.20. The van der Waals surface area contributed by atoms with Crippen molar-refractivity contribution < 1.29 is 27.9 Å². The van der Waals surface area contributed by atoms with E-state index in [1.54, 1.807) is 0 Å². The number of rotatable bonds is 6. The van der Waals surface area contributed by atoms with Gasteiger partial charge in [-0.3, -0.25) is 4.79 Å². The molecule has 20 heavy (non-hydrogen) atoms. The number of nitrogens with zero attached hydrogens (tertiary/aromatic N) is 1. The topological polar surface area (TPSA) is 141 Å². The summed E-state index contributed by atoms with van der Waals surface area (Å²) in [6, 6.07) is 1.10. The molecule has 1 heterocycles. The Labute approximate surface area is 115 Å².